The number of benzene rings is 6. The summed E-state index contributed by atoms with van der Waals surface area (Å²) in [6, 6.07) is 46.4. The van der Waals surface area contributed by atoms with Crippen LogP contribution in [0.4, 0.5) is 82.7 Å². The van der Waals surface area contributed by atoms with Gasteiger partial charge in [0, 0.05) is 93.8 Å². The second-order valence-electron chi connectivity index (χ2n) is 27.7. The van der Waals surface area contributed by atoms with Crippen LogP contribution in [-0.4, -0.2) is 80.3 Å². The number of aryl methyl sites for hydroxylation is 3. The highest BCUT2D eigenvalue weighted by Gasteiger charge is 2.51. The monoisotopic (exact) mass is 1520 g/mol. The van der Waals surface area contributed by atoms with Gasteiger partial charge in [0.1, 0.15) is 17.2 Å². The Hall–Kier alpha value is -13.7. The van der Waals surface area contributed by atoms with Gasteiger partial charge in [-0.05, 0) is 177 Å². The van der Waals surface area contributed by atoms with Crippen LogP contribution in [0.15, 0.2) is 219 Å². The van der Waals surface area contributed by atoms with Gasteiger partial charge in [0.25, 0.3) is 17.7 Å². The molecule has 28 heteroatoms. The number of halogens is 7. The number of nitrogens with one attached hydrogen (secondary N) is 3. The number of carbonyl (C=O) groups is 6. The minimum atomic E-state index is -4.86. The maximum absolute atomic E-state index is 13.9. The molecule has 0 fully saturated rings. The number of pyridine rings is 3. The number of carbonyl (C=O) groups excluding carboxylic acids is 6. The van der Waals surface area contributed by atoms with Crippen molar-refractivity contribution in [3.63, 3.8) is 0 Å². The Morgan fingerprint density at radius 2 is 0.723 bits per heavy atom. The van der Waals surface area contributed by atoms with Gasteiger partial charge in [-0.1, -0.05) is 85.3 Å². The van der Waals surface area contributed by atoms with Gasteiger partial charge in [0.2, 0.25) is 35.6 Å². The van der Waals surface area contributed by atoms with E-state index in [2.05, 4.69) is 55.8 Å². The van der Waals surface area contributed by atoms with Crippen molar-refractivity contribution < 1.29 is 59.5 Å². The van der Waals surface area contributed by atoms with E-state index in [9.17, 15) is 59.5 Å². The fourth-order valence-corrected chi connectivity index (χ4v) is 13.4. The van der Waals surface area contributed by atoms with Crippen LogP contribution in [0, 0.1) is 26.6 Å². The van der Waals surface area contributed by atoms with Gasteiger partial charge in [-0.3, -0.25) is 33.8 Å². The summed E-state index contributed by atoms with van der Waals surface area (Å²) in [6.07, 6.45) is 0.233. The molecule has 0 atom stereocenters. The summed E-state index contributed by atoms with van der Waals surface area (Å²) < 4.78 is 96.4. The largest absolute Gasteiger partial charge is 0.418 e. The highest BCUT2D eigenvalue weighted by Crippen LogP contribution is 2.52. The van der Waals surface area contributed by atoms with Crippen LogP contribution in [0.25, 0.3) is 33.8 Å². The van der Waals surface area contributed by atoms with E-state index in [1.807, 2.05) is 89.2 Å². The van der Waals surface area contributed by atoms with Crippen molar-refractivity contribution in [2.45, 2.75) is 98.3 Å². The molecule has 0 aliphatic carbocycles. The van der Waals surface area contributed by atoms with Gasteiger partial charge in [0.05, 0.1) is 67.1 Å². The first-order chi connectivity index (χ1) is 52.7. The van der Waals surface area contributed by atoms with Crippen molar-refractivity contribution in [3.05, 3.63) is 287 Å². The highest BCUT2D eigenvalue weighted by atomic mass is 19.4. The third-order valence-corrected chi connectivity index (χ3v) is 18.9. The number of alkyl halides is 6. The van der Waals surface area contributed by atoms with E-state index >= 15 is 0 Å². The molecule has 21 nitrogen and oxygen atoms in total. The van der Waals surface area contributed by atoms with Gasteiger partial charge >= 0.3 is 12.4 Å². The van der Waals surface area contributed by atoms with Crippen molar-refractivity contribution in [3.8, 4) is 33.8 Å². The average Bonchev–Trinajstić information content (AvgIpc) is 1.54. The fraction of sp³-hybridized carbons (Fsp3) is 0.179. The number of hydrogen-bond acceptors (Lipinski definition) is 15. The Morgan fingerprint density at radius 3 is 1.11 bits per heavy atom. The van der Waals surface area contributed by atoms with Crippen LogP contribution >= 0.6 is 0 Å². The summed E-state index contributed by atoms with van der Waals surface area (Å²) in [5, 5.41) is 7.80. The number of amides is 6. The van der Waals surface area contributed by atoms with Crippen molar-refractivity contribution in [2.24, 2.45) is 0 Å². The molecule has 3 N–H and O–H groups in total. The molecule has 0 unspecified atom stereocenters. The molecule has 112 heavy (non-hydrogen) atoms. The highest BCUT2D eigenvalue weighted by molar-refractivity contribution is 6.16. The zero-order valence-corrected chi connectivity index (χ0v) is 60.7. The fourth-order valence-electron chi connectivity index (χ4n) is 13.4. The lowest BCUT2D eigenvalue weighted by molar-refractivity contribution is -0.138. The third-order valence-electron chi connectivity index (χ3n) is 18.9. The topological polar surface area (TPSA) is 264 Å². The average molecular weight is 1520 g/mol. The zero-order chi connectivity index (χ0) is 79.2. The molecule has 6 aromatic carbocycles. The summed E-state index contributed by atoms with van der Waals surface area (Å²) in [6.45, 7) is 16.3. The van der Waals surface area contributed by atoms with Gasteiger partial charge < -0.3 is 16.0 Å². The van der Waals surface area contributed by atoms with E-state index < -0.39 is 68.6 Å². The van der Waals surface area contributed by atoms with E-state index in [-0.39, 0.29) is 60.0 Å². The van der Waals surface area contributed by atoms with E-state index in [1.165, 1.54) is 46.7 Å². The molecule has 0 bridgehead atoms. The second kappa shape index (κ2) is 30.4. The molecule has 3 aliphatic heterocycles. The summed E-state index contributed by atoms with van der Waals surface area (Å²) >= 11 is 0. The standard InChI is InChI=1S/C28H22F3N5O2.C28H25N5O2.C27H19F4N5O2.CH4/c1-16-8-10-17(11-9-16)35-24(37)19-14-21(34-15-20(19)28(29,30)31)18-6-4-7-22-23(18)27(2,3)25(38)36(22)26-32-12-5-13-33-26;1-17-9-12-19(13-10-17)31-25(34)24-18(2)11-14-21(32-24)20-7-5-8-22-23(20)28(3,4)26(35)33(22)27-29-15-6-16-30-27;1-26(2)21-17(5-3-6-20(21)36(24(26)38)25-32-13-4-14-33-25)19-12-11-18(27(29,30)31)22(35-19)23(37)34-16-9-7-15(28)8-10-16;/h4-15H,1-3H3,(H,35,37);5-16H,1-4H3,(H,31,34);3-14H,1-2H3,(H,34,37);1H4. The molecule has 6 amide bonds. The Morgan fingerprint density at radius 1 is 0.384 bits per heavy atom. The van der Waals surface area contributed by atoms with E-state index in [0.717, 1.165) is 63.8 Å². The molecule has 15 rings (SSSR count). The number of anilines is 9. The first kappa shape index (κ1) is 77.9. The quantitative estimate of drug-likeness (QED) is 0.0960. The van der Waals surface area contributed by atoms with Crippen LogP contribution in [0.2, 0.25) is 0 Å². The smallest absolute Gasteiger partial charge is 0.322 e. The predicted octanol–water partition coefficient (Wildman–Crippen LogP) is 18.0. The summed E-state index contributed by atoms with van der Waals surface area (Å²) in [7, 11) is 0. The Labute approximate surface area is 638 Å². The van der Waals surface area contributed by atoms with Crippen molar-refractivity contribution >= 4 is 87.4 Å². The second-order valence-corrected chi connectivity index (χ2v) is 27.7. The van der Waals surface area contributed by atoms with Crippen LogP contribution in [0.5, 0.6) is 0 Å². The summed E-state index contributed by atoms with van der Waals surface area (Å²) in [5.74, 6) is -2.96. The van der Waals surface area contributed by atoms with Gasteiger partial charge in [0.15, 0.2) is 0 Å². The minimum absolute atomic E-state index is 0. The van der Waals surface area contributed by atoms with Crippen molar-refractivity contribution in [1.82, 2.24) is 44.9 Å². The van der Waals surface area contributed by atoms with Crippen molar-refractivity contribution in [1.29, 1.82) is 0 Å². The summed E-state index contributed by atoms with van der Waals surface area (Å²) in [4.78, 5) is 122. The third kappa shape index (κ3) is 15.0. The molecule has 0 spiro atoms. The lowest BCUT2D eigenvalue weighted by atomic mass is 9.82. The van der Waals surface area contributed by atoms with Gasteiger partial charge in [-0.25, -0.2) is 59.0 Å². The zero-order valence-electron chi connectivity index (χ0n) is 60.7. The summed E-state index contributed by atoms with van der Waals surface area (Å²) in [5.41, 5.74) is 3.47. The molecule has 6 aromatic heterocycles. The van der Waals surface area contributed by atoms with Crippen molar-refractivity contribution in [2.75, 3.05) is 30.7 Å². The predicted molar refractivity (Wildman–Crippen MR) is 410 cm³/mol. The van der Waals surface area contributed by atoms with Crippen LogP contribution in [0.3, 0.4) is 0 Å². The van der Waals surface area contributed by atoms with Gasteiger partial charge in [-0.15, -0.1) is 0 Å². The lowest BCUT2D eigenvalue weighted by Gasteiger charge is -2.20. The number of fused-ring (bicyclic) bond motifs is 3. The van der Waals surface area contributed by atoms with E-state index in [1.54, 1.807) is 124 Å². The molecule has 566 valence electrons. The molecule has 0 saturated carbocycles. The molecule has 0 radical (unpaired) electrons. The molecule has 0 saturated heterocycles. The minimum Gasteiger partial charge on any atom is -0.322 e. The molecule has 12 aromatic rings. The van der Waals surface area contributed by atoms with Gasteiger partial charge in [-0.2, -0.15) is 26.3 Å². The Kier molecular flexibility index (Phi) is 21.2. The first-order valence-electron chi connectivity index (χ1n) is 34.5. The van der Waals surface area contributed by atoms with Crippen LogP contribution in [-0.2, 0) is 43.0 Å². The molecular weight excluding hydrogens is 1450 g/mol. The molecule has 3 aliphatic rings. The molecule has 9 heterocycles. The SMILES string of the molecule is C.CC1(C)C(=O)N(c2ncccn2)c2cccc(-c3ccc(C(F)(F)F)c(C(=O)Nc4ccc(F)cc4)n3)c21.Cc1ccc(NC(=O)c2cc(-c3cccc4c3C(C)(C)C(=O)N4c3ncccn3)ncc2C(F)(F)F)cc1.Cc1ccc(NC(=O)c2nc(-c3cccc4c3C(C)(C)C(=O)N4c3ncccn3)ccc2C)cc1. The number of rotatable bonds is 12. The maximum atomic E-state index is 13.9. The normalized spacial score (nSPS) is 14.1. The Balaban J connectivity index is 0.000000155. The number of hydrogen-bond donors (Lipinski definition) is 3. The van der Waals surface area contributed by atoms with Crippen LogP contribution in [0.1, 0.15) is 125 Å². The molecular formula is C84H70F7N15O6. The number of nitrogens with zero attached hydrogens (tertiary/aromatic N) is 12. The number of aromatic nitrogens is 9. The lowest BCUT2D eigenvalue weighted by Crippen LogP contribution is -2.34. The maximum Gasteiger partial charge on any atom is 0.418 e. The van der Waals surface area contributed by atoms with E-state index in [0.29, 0.717) is 68.5 Å². The van der Waals surface area contributed by atoms with Crippen LogP contribution < -0.4 is 30.7 Å². The first-order valence-corrected chi connectivity index (χ1v) is 34.5. The Bertz CT molecular complexity index is 5420. The van der Waals surface area contributed by atoms with E-state index in [4.69, 9.17) is 4.98 Å².